The van der Waals surface area contributed by atoms with Crippen LogP contribution in [-0.4, -0.2) is 35.4 Å². The number of hydrogen-bond acceptors (Lipinski definition) is 5. The van der Waals surface area contributed by atoms with Gasteiger partial charge in [-0.15, -0.1) is 0 Å². The Bertz CT molecular complexity index is 1750. The number of hydrogen-bond donors (Lipinski definition) is 2. The van der Waals surface area contributed by atoms with Gasteiger partial charge < -0.3 is 5.32 Å². The SMILES string of the molecule is Cc1ccc(S(=O)(=O)NC(=O)NCCc2ccc(-c3c(-c4ccccc4)nc4c(C)nc(C)cn34)cc2)cc1. The van der Waals surface area contributed by atoms with Gasteiger partial charge in [-0.3, -0.25) is 9.38 Å². The third-order valence-corrected chi connectivity index (χ3v) is 7.77. The fraction of sp³-hybridized carbons (Fsp3) is 0.167. The lowest BCUT2D eigenvalue weighted by molar-refractivity contribution is 0.246. The van der Waals surface area contributed by atoms with Crippen LogP contribution < -0.4 is 10.0 Å². The molecule has 0 spiro atoms. The first kappa shape index (κ1) is 26.1. The zero-order valence-corrected chi connectivity index (χ0v) is 22.8. The van der Waals surface area contributed by atoms with Crippen molar-refractivity contribution in [3.63, 3.8) is 0 Å². The van der Waals surface area contributed by atoms with Crippen LogP contribution in [0.25, 0.3) is 28.2 Å². The minimum Gasteiger partial charge on any atom is -0.337 e. The number of aromatic nitrogens is 3. The van der Waals surface area contributed by atoms with E-state index in [1.165, 1.54) is 12.1 Å². The molecule has 0 unspecified atom stereocenters. The van der Waals surface area contributed by atoms with E-state index in [2.05, 4.69) is 19.4 Å². The number of amides is 2. The molecule has 3 aromatic carbocycles. The molecule has 2 aromatic heterocycles. The predicted molar refractivity (Wildman–Crippen MR) is 152 cm³/mol. The Morgan fingerprint density at radius 1 is 0.846 bits per heavy atom. The second-order valence-corrected chi connectivity index (χ2v) is 11.1. The summed E-state index contributed by atoms with van der Waals surface area (Å²) in [6, 6.07) is 23.7. The Kier molecular flexibility index (Phi) is 7.17. The standard InChI is InChI=1S/C30H29N5O3S/c1-20-9-15-26(16-10-20)39(37,38)34-30(36)31-18-17-23-11-13-25(14-12-23)28-27(24-7-5-4-6-8-24)33-29-22(3)32-21(2)19-35(28)29/h4-16,19H,17-18H2,1-3H3,(H2,31,34,36). The van der Waals surface area contributed by atoms with E-state index < -0.39 is 16.1 Å². The van der Waals surface area contributed by atoms with Gasteiger partial charge in [0.15, 0.2) is 5.65 Å². The smallest absolute Gasteiger partial charge is 0.328 e. The molecule has 2 heterocycles. The Hall–Kier alpha value is -4.50. The maximum Gasteiger partial charge on any atom is 0.328 e. The van der Waals surface area contributed by atoms with Gasteiger partial charge in [0.25, 0.3) is 10.0 Å². The number of imidazole rings is 1. The Morgan fingerprint density at radius 2 is 1.54 bits per heavy atom. The Morgan fingerprint density at radius 3 is 2.23 bits per heavy atom. The number of aryl methyl sites for hydroxylation is 3. The number of urea groups is 1. The number of carbonyl (C=O) groups is 1. The molecule has 2 amide bonds. The molecule has 198 valence electrons. The van der Waals surface area contributed by atoms with Crippen molar-refractivity contribution in [1.82, 2.24) is 24.4 Å². The fourth-order valence-corrected chi connectivity index (χ4v) is 5.43. The van der Waals surface area contributed by atoms with Crippen molar-refractivity contribution in [2.45, 2.75) is 32.1 Å². The van der Waals surface area contributed by atoms with Gasteiger partial charge in [0.05, 0.1) is 27.7 Å². The molecule has 5 rings (SSSR count). The van der Waals surface area contributed by atoms with Crippen LogP contribution in [0, 0.1) is 20.8 Å². The first-order valence-electron chi connectivity index (χ1n) is 12.6. The highest BCUT2D eigenvalue weighted by Gasteiger charge is 2.19. The van der Waals surface area contributed by atoms with Crippen LogP contribution in [0.4, 0.5) is 4.79 Å². The largest absolute Gasteiger partial charge is 0.337 e. The Labute approximate surface area is 227 Å². The number of carbonyl (C=O) groups excluding carboxylic acids is 1. The molecule has 8 nitrogen and oxygen atoms in total. The van der Waals surface area contributed by atoms with Crippen molar-refractivity contribution in [3.8, 4) is 22.5 Å². The molecule has 0 radical (unpaired) electrons. The number of nitrogens with zero attached hydrogens (tertiary/aromatic N) is 3. The van der Waals surface area contributed by atoms with Gasteiger partial charge in [-0.1, -0.05) is 72.3 Å². The first-order valence-corrected chi connectivity index (χ1v) is 14.1. The summed E-state index contributed by atoms with van der Waals surface area (Å²) in [5.41, 5.74) is 8.41. The van der Waals surface area contributed by atoms with Crippen molar-refractivity contribution in [2.24, 2.45) is 0 Å². The van der Waals surface area contributed by atoms with E-state index in [1.807, 2.05) is 81.6 Å². The molecular weight excluding hydrogens is 510 g/mol. The quantitative estimate of drug-likeness (QED) is 0.295. The third-order valence-electron chi connectivity index (χ3n) is 6.43. The van der Waals surface area contributed by atoms with E-state index in [9.17, 15) is 13.2 Å². The Balaban J connectivity index is 1.31. The van der Waals surface area contributed by atoms with Crippen LogP contribution in [-0.2, 0) is 16.4 Å². The molecular formula is C30H29N5O3S. The zero-order valence-electron chi connectivity index (χ0n) is 22.0. The normalized spacial score (nSPS) is 11.5. The molecule has 2 N–H and O–H groups in total. The predicted octanol–water partition coefficient (Wildman–Crippen LogP) is 5.22. The summed E-state index contributed by atoms with van der Waals surface area (Å²) in [6.45, 7) is 6.08. The van der Waals surface area contributed by atoms with E-state index in [4.69, 9.17) is 4.98 Å². The molecule has 0 saturated carbocycles. The molecule has 9 heteroatoms. The van der Waals surface area contributed by atoms with Gasteiger partial charge in [-0.25, -0.2) is 22.9 Å². The van der Waals surface area contributed by atoms with Crippen LogP contribution in [0.1, 0.15) is 22.5 Å². The van der Waals surface area contributed by atoms with E-state index in [-0.39, 0.29) is 11.4 Å². The van der Waals surface area contributed by atoms with Gasteiger partial charge in [0.2, 0.25) is 0 Å². The minimum atomic E-state index is -3.93. The molecule has 0 aliphatic carbocycles. The average Bonchev–Trinajstić information content (AvgIpc) is 3.29. The monoisotopic (exact) mass is 539 g/mol. The maximum atomic E-state index is 12.4. The lowest BCUT2D eigenvalue weighted by Gasteiger charge is -2.10. The third kappa shape index (κ3) is 5.68. The number of rotatable bonds is 7. The van der Waals surface area contributed by atoms with Crippen LogP contribution in [0.3, 0.4) is 0 Å². The average molecular weight is 540 g/mol. The molecule has 5 aromatic rings. The summed E-state index contributed by atoms with van der Waals surface area (Å²) in [5.74, 6) is 0. The van der Waals surface area contributed by atoms with Crippen molar-refractivity contribution < 1.29 is 13.2 Å². The molecule has 0 aliphatic heterocycles. The summed E-state index contributed by atoms with van der Waals surface area (Å²) < 4.78 is 29.0. The van der Waals surface area contributed by atoms with Gasteiger partial charge in [-0.05, 0) is 44.9 Å². The number of nitrogens with one attached hydrogen (secondary N) is 2. The van der Waals surface area contributed by atoms with Gasteiger partial charge in [0.1, 0.15) is 0 Å². The van der Waals surface area contributed by atoms with E-state index >= 15 is 0 Å². The lowest BCUT2D eigenvalue weighted by atomic mass is 10.0. The van der Waals surface area contributed by atoms with Crippen molar-refractivity contribution >= 4 is 21.7 Å². The highest BCUT2D eigenvalue weighted by atomic mass is 32.2. The van der Waals surface area contributed by atoms with Crippen molar-refractivity contribution in [3.05, 3.63) is 108 Å². The highest BCUT2D eigenvalue weighted by molar-refractivity contribution is 7.90. The second kappa shape index (κ2) is 10.7. The lowest BCUT2D eigenvalue weighted by Crippen LogP contribution is -2.40. The molecule has 0 atom stereocenters. The molecule has 0 aliphatic rings. The summed E-state index contributed by atoms with van der Waals surface area (Å²) in [7, 11) is -3.93. The minimum absolute atomic E-state index is 0.0438. The van der Waals surface area contributed by atoms with E-state index in [0.29, 0.717) is 6.42 Å². The highest BCUT2D eigenvalue weighted by Crippen LogP contribution is 2.33. The summed E-state index contributed by atoms with van der Waals surface area (Å²) in [4.78, 5) is 21.8. The molecule has 0 bridgehead atoms. The van der Waals surface area contributed by atoms with Crippen molar-refractivity contribution in [1.29, 1.82) is 0 Å². The van der Waals surface area contributed by atoms with Gasteiger partial charge in [-0.2, -0.15) is 0 Å². The molecule has 39 heavy (non-hydrogen) atoms. The van der Waals surface area contributed by atoms with Crippen LogP contribution in [0.2, 0.25) is 0 Å². The van der Waals surface area contributed by atoms with Gasteiger partial charge >= 0.3 is 6.03 Å². The first-order chi connectivity index (χ1) is 18.7. The number of benzene rings is 3. The summed E-state index contributed by atoms with van der Waals surface area (Å²) in [5, 5.41) is 2.63. The maximum absolute atomic E-state index is 12.4. The van der Waals surface area contributed by atoms with E-state index in [0.717, 1.165) is 50.7 Å². The number of fused-ring (bicyclic) bond motifs is 1. The molecule has 0 saturated heterocycles. The second-order valence-electron chi connectivity index (χ2n) is 9.46. The molecule has 0 fully saturated rings. The van der Waals surface area contributed by atoms with Crippen LogP contribution in [0.5, 0.6) is 0 Å². The van der Waals surface area contributed by atoms with Crippen LogP contribution in [0.15, 0.2) is 90.0 Å². The van der Waals surface area contributed by atoms with Gasteiger partial charge in [0, 0.05) is 23.9 Å². The fourth-order valence-electron chi connectivity index (χ4n) is 4.50. The topological polar surface area (TPSA) is 105 Å². The summed E-state index contributed by atoms with van der Waals surface area (Å²) >= 11 is 0. The number of sulfonamides is 1. The summed E-state index contributed by atoms with van der Waals surface area (Å²) in [6.07, 6.45) is 2.54. The van der Waals surface area contributed by atoms with E-state index in [1.54, 1.807) is 12.1 Å². The van der Waals surface area contributed by atoms with Crippen LogP contribution >= 0.6 is 0 Å². The van der Waals surface area contributed by atoms with Crippen molar-refractivity contribution in [2.75, 3.05) is 6.54 Å². The zero-order chi connectivity index (χ0) is 27.6.